The molecule has 4 aliphatic rings. The van der Waals surface area contributed by atoms with Crippen LogP contribution in [-0.4, -0.2) is 19.9 Å². The second-order valence-electron chi connectivity index (χ2n) is 7.36. The van der Waals surface area contributed by atoms with Gasteiger partial charge in [-0.15, -0.1) is 0 Å². The SMILES string of the molecule is O=S([O-])C(F)(F)C(F)(F)C1CC2CC1C1C3CCC(C3)C21. The molecule has 120 valence electrons. The lowest BCUT2D eigenvalue weighted by molar-refractivity contribution is -0.207. The number of fused-ring (bicyclic) bond motifs is 9. The summed E-state index contributed by atoms with van der Waals surface area (Å²) in [6.07, 6.45) is 3.89. The first-order valence-electron chi connectivity index (χ1n) is 7.60. The Morgan fingerprint density at radius 2 is 1.52 bits per heavy atom. The zero-order valence-electron chi connectivity index (χ0n) is 11.3. The zero-order chi connectivity index (χ0) is 15.2. The van der Waals surface area contributed by atoms with E-state index in [1.54, 1.807) is 0 Å². The summed E-state index contributed by atoms with van der Waals surface area (Å²) in [5, 5.41) is -4.96. The number of alkyl halides is 4. The van der Waals surface area contributed by atoms with Crippen molar-refractivity contribution in [3.05, 3.63) is 0 Å². The standard InChI is InChI=1S/C14H18F4O2S/c15-13(16,14(17,18)21(19)20)10-5-8-4-9(10)12-7-2-1-6(3-7)11(8)12/h6-12H,1-5H2,(H,19,20)/p-1. The van der Waals surface area contributed by atoms with E-state index >= 15 is 0 Å². The van der Waals surface area contributed by atoms with Gasteiger partial charge in [-0.1, -0.05) is 0 Å². The molecule has 0 saturated heterocycles. The van der Waals surface area contributed by atoms with Crippen molar-refractivity contribution in [3.63, 3.8) is 0 Å². The van der Waals surface area contributed by atoms with Gasteiger partial charge in [0.1, 0.15) is 0 Å². The smallest absolute Gasteiger partial charge is 0.371 e. The lowest BCUT2D eigenvalue weighted by Gasteiger charge is -2.43. The summed E-state index contributed by atoms with van der Waals surface area (Å²) in [5.41, 5.74) is 0. The van der Waals surface area contributed by atoms with Gasteiger partial charge in [0, 0.05) is 17.0 Å². The first-order valence-corrected chi connectivity index (χ1v) is 8.67. The van der Waals surface area contributed by atoms with E-state index < -0.39 is 34.1 Å². The third kappa shape index (κ3) is 1.65. The van der Waals surface area contributed by atoms with Crippen molar-refractivity contribution in [2.45, 2.75) is 43.3 Å². The Kier molecular flexibility index (Phi) is 2.90. The molecule has 0 N–H and O–H groups in total. The summed E-state index contributed by atoms with van der Waals surface area (Å²) in [4.78, 5) is 0. The third-order valence-corrected chi connectivity index (χ3v) is 7.49. The van der Waals surface area contributed by atoms with Gasteiger partial charge in [-0.05, 0) is 67.6 Å². The molecule has 0 amide bonds. The van der Waals surface area contributed by atoms with E-state index in [-0.39, 0.29) is 18.3 Å². The molecular weight excluding hydrogens is 308 g/mol. The second-order valence-corrected chi connectivity index (χ2v) is 8.35. The van der Waals surface area contributed by atoms with Gasteiger partial charge in [0.25, 0.3) is 0 Å². The van der Waals surface area contributed by atoms with Crippen molar-refractivity contribution in [1.82, 2.24) is 0 Å². The molecule has 2 nitrogen and oxygen atoms in total. The molecule has 4 saturated carbocycles. The lowest BCUT2D eigenvalue weighted by Crippen LogP contribution is -2.52. The molecule has 4 fully saturated rings. The highest BCUT2D eigenvalue weighted by Crippen LogP contribution is 2.71. The van der Waals surface area contributed by atoms with E-state index in [1.165, 1.54) is 0 Å². The molecule has 0 aromatic rings. The highest BCUT2D eigenvalue weighted by molar-refractivity contribution is 7.80. The number of hydrogen-bond acceptors (Lipinski definition) is 2. The topological polar surface area (TPSA) is 40.1 Å². The predicted molar refractivity (Wildman–Crippen MR) is 66.3 cm³/mol. The van der Waals surface area contributed by atoms with E-state index in [0.29, 0.717) is 24.2 Å². The Bertz CT molecular complexity index is 497. The van der Waals surface area contributed by atoms with Crippen LogP contribution in [0.15, 0.2) is 0 Å². The minimum absolute atomic E-state index is 0.0643. The molecule has 4 bridgehead atoms. The van der Waals surface area contributed by atoms with Crippen LogP contribution in [-0.2, 0) is 11.1 Å². The van der Waals surface area contributed by atoms with Gasteiger partial charge in [0.2, 0.25) is 0 Å². The fourth-order valence-corrected chi connectivity index (χ4v) is 6.68. The van der Waals surface area contributed by atoms with Crippen molar-refractivity contribution < 1.29 is 26.3 Å². The molecule has 0 aromatic heterocycles. The average molecular weight is 325 g/mol. The van der Waals surface area contributed by atoms with Crippen LogP contribution in [0.5, 0.6) is 0 Å². The summed E-state index contributed by atoms with van der Waals surface area (Å²) in [5.74, 6) is -4.68. The molecule has 4 rings (SSSR count). The molecule has 0 spiro atoms. The van der Waals surface area contributed by atoms with E-state index in [2.05, 4.69) is 0 Å². The zero-order valence-corrected chi connectivity index (χ0v) is 12.1. The predicted octanol–water partition coefficient (Wildman–Crippen LogP) is 3.41. The summed E-state index contributed by atoms with van der Waals surface area (Å²) in [6, 6.07) is 0. The Hall–Kier alpha value is -0.170. The molecule has 21 heavy (non-hydrogen) atoms. The van der Waals surface area contributed by atoms with Crippen molar-refractivity contribution in [3.8, 4) is 0 Å². The summed E-state index contributed by atoms with van der Waals surface area (Å²) in [7, 11) is 0. The first-order chi connectivity index (χ1) is 9.75. The largest absolute Gasteiger partial charge is 0.768 e. The normalized spacial score (nSPS) is 49.7. The van der Waals surface area contributed by atoms with Gasteiger partial charge < -0.3 is 4.55 Å². The van der Waals surface area contributed by atoms with Crippen LogP contribution >= 0.6 is 0 Å². The van der Waals surface area contributed by atoms with Gasteiger partial charge in [-0.3, -0.25) is 4.21 Å². The monoisotopic (exact) mass is 325 g/mol. The summed E-state index contributed by atoms with van der Waals surface area (Å²) in [6.45, 7) is 0. The minimum atomic E-state index is -4.96. The summed E-state index contributed by atoms with van der Waals surface area (Å²) >= 11 is -4.08. The van der Waals surface area contributed by atoms with E-state index in [4.69, 9.17) is 0 Å². The quantitative estimate of drug-likeness (QED) is 0.453. The Morgan fingerprint density at radius 1 is 0.905 bits per heavy atom. The highest BCUT2D eigenvalue weighted by atomic mass is 32.2. The Labute approximate surface area is 122 Å². The van der Waals surface area contributed by atoms with E-state index in [1.807, 2.05) is 0 Å². The number of hydrogen-bond donors (Lipinski definition) is 0. The lowest BCUT2D eigenvalue weighted by atomic mass is 9.66. The number of halogens is 4. The van der Waals surface area contributed by atoms with Crippen LogP contribution in [0, 0.1) is 41.4 Å². The van der Waals surface area contributed by atoms with Crippen LogP contribution in [0.2, 0.25) is 0 Å². The van der Waals surface area contributed by atoms with E-state index in [9.17, 15) is 26.3 Å². The molecule has 0 aliphatic heterocycles. The van der Waals surface area contributed by atoms with Crippen LogP contribution < -0.4 is 0 Å². The Morgan fingerprint density at radius 3 is 2.14 bits per heavy atom. The highest BCUT2D eigenvalue weighted by Gasteiger charge is 2.71. The number of rotatable bonds is 3. The minimum Gasteiger partial charge on any atom is -0.768 e. The van der Waals surface area contributed by atoms with Gasteiger partial charge in [-0.2, -0.15) is 17.6 Å². The first kappa shape index (κ1) is 14.4. The molecule has 8 unspecified atom stereocenters. The molecule has 4 aliphatic carbocycles. The molecule has 0 aromatic carbocycles. The third-order valence-electron chi connectivity index (χ3n) is 6.80. The van der Waals surface area contributed by atoms with Gasteiger partial charge in [0.15, 0.2) is 0 Å². The fourth-order valence-electron chi connectivity index (χ4n) is 6.31. The van der Waals surface area contributed by atoms with Crippen molar-refractivity contribution in [2.24, 2.45) is 41.4 Å². The molecule has 8 atom stereocenters. The van der Waals surface area contributed by atoms with Gasteiger partial charge >= 0.3 is 11.2 Å². The van der Waals surface area contributed by atoms with Gasteiger partial charge in [-0.25, -0.2) is 0 Å². The van der Waals surface area contributed by atoms with Crippen molar-refractivity contribution in [1.29, 1.82) is 0 Å². The molecule has 7 heteroatoms. The average Bonchev–Trinajstić information content (AvgIpc) is 3.15. The van der Waals surface area contributed by atoms with Crippen LogP contribution in [0.25, 0.3) is 0 Å². The van der Waals surface area contributed by atoms with Crippen molar-refractivity contribution >= 4 is 11.1 Å². The van der Waals surface area contributed by atoms with E-state index in [0.717, 1.165) is 19.3 Å². The fraction of sp³-hybridized carbons (Fsp3) is 1.00. The van der Waals surface area contributed by atoms with Crippen LogP contribution in [0.1, 0.15) is 32.1 Å². The van der Waals surface area contributed by atoms with Crippen molar-refractivity contribution in [2.75, 3.05) is 0 Å². The van der Waals surface area contributed by atoms with Gasteiger partial charge in [0.05, 0.1) is 0 Å². The maximum atomic E-state index is 14.2. The molecule has 0 heterocycles. The Balaban J connectivity index is 1.63. The summed E-state index contributed by atoms with van der Waals surface area (Å²) < 4.78 is 76.4. The molecule has 0 radical (unpaired) electrons. The van der Waals surface area contributed by atoms with Crippen LogP contribution in [0.3, 0.4) is 0 Å². The molecular formula is C14H17F4O2S-. The second kappa shape index (κ2) is 4.22. The maximum Gasteiger partial charge on any atom is 0.371 e. The van der Waals surface area contributed by atoms with Crippen LogP contribution in [0.4, 0.5) is 17.6 Å². The maximum absolute atomic E-state index is 14.2.